The van der Waals surface area contributed by atoms with Gasteiger partial charge in [0.05, 0.1) is 11.3 Å². The summed E-state index contributed by atoms with van der Waals surface area (Å²) in [4.78, 5) is 10.3. The van der Waals surface area contributed by atoms with Crippen LogP contribution in [0.15, 0.2) is 30.3 Å². The van der Waals surface area contributed by atoms with Crippen LogP contribution >= 0.6 is 11.6 Å². The molecule has 0 saturated heterocycles. The molecule has 0 bridgehead atoms. The Bertz CT molecular complexity index is 264. The first kappa shape index (κ1) is 13.0. The van der Waals surface area contributed by atoms with Gasteiger partial charge in [-0.05, 0) is 12.0 Å². The second kappa shape index (κ2) is 6.44. The van der Waals surface area contributed by atoms with Gasteiger partial charge in [0.2, 0.25) is 0 Å². The minimum absolute atomic E-state index is 0. The number of carbonyl (C=O) groups excluding carboxylic acids is 1. The fourth-order valence-corrected chi connectivity index (χ4v) is 1.08. The van der Waals surface area contributed by atoms with Crippen molar-refractivity contribution in [2.24, 2.45) is 0 Å². The average molecular weight is 207 g/mol. The van der Waals surface area contributed by atoms with E-state index in [-0.39, 0.29) is 29.6 Å². The third-order valence-electron chi connectivity index (χ3n) is 1.51. The monoisotopic (exact) mass is 206 g/mol. The minimum Gasteiger partial charge on any atom is -0.549 e. The van der Waals surface area contributed by atoms with E-state index in [9.17, 15) is 9.90 Å². The van der Waals surface area contributed by atoms with Gasteiger partial charge in [-0.2, -0.15) is 0 Å². The van der Waals surface area contributed by atoms with Crippen LogP contribution in [0.3, 0.4) is 0 Å². The van der Waals surface area contributed by atoms with Gasteiger partial charge in [0.1, 0.15) is 0 Å². The van der Waals surface area contributed by atoms with Crippen molar-refractivity contribution >= 4 is 17.6 Å². The summed E-state index contributed by atoms with van der Waals surface area (Å²) >= 11 is 5.49. The van der Waals surface area contributed by atoms with Crippen LogP contribution in [0.1, 0.15) is 5.56 Å². The van der Waals surface area contributed by atoms with Gasteiger partial charge in [-0.3, -0.25) is 0 Å². The van der Waals surface area contributed by atoms with Crippen LogP contribution in [0.25, 0.3) is 0 Å². The Morgan fingerprint density at radius 3 is 2.38 bits per heavy atom. The van der Waals surface area contributed by atoms with Gasteiger partial charge in [0.15, 0.2) is 0 Å². The Labute approximate surface area is 104 Å². The Morgan fingerprint density at radius 1 is 1.38 bits per heavy atom. The summed E-state index contributed by atoms with van der Waals surface area (Å²) in [6, 6.07) is 9.21. The first-order valence-electron chi connectivity index (χ1n) is 3.59. The van der Waals surface area contributed by atoms with E-state index in [1.165, 1.54) is 0 Å². The summed E-state index contributed by atoms with van der Waals surface area (Å²) in [7, 11) is 0. The van der Waals surface area contributed by atoms with E-state index in [1.807, 2.05) is 30.3 Å². The van der Waals surface area contributed by atoms with Crippen molar-refractivity contribution in [2.75, 3.05) is 0 Å². The normalized spacial score (nSPS) is 11.5. The molecule has 2 nitrogen and oxygen atoms in total. The summed E-state index contributed by atoms with van der Waals surface area (Å²) in [5, 5.41) is 9.32. The maximum absolute atomic E-state index is 10.3. The van der Waals surface area contributed by atoms with Crippen molar-refractivity contribution in [1.82, 2.24) is 0 Å². The molecule has 1 aromatic rings. The van der Waals surface area contributed by atoms with E-state index >= 15 is 0 Å². The smallest absolute Gasteiger partial charge is 0.549 e. The number of halogens is 1. The number of aliphatic carboxylic acids is 1. The molecule has 1 aromatic carbocycles. The average Bonchev–Trinajstić information content (AvgIpc) is 2.06. The van der Waals surface area contributed by atoms with Crippen LogP contribution in [0, 0.1) is 0 Å². The Kier molecular flexibility index (Phi) is 6.43. The van der Waals surface area contributed by atoms with Gasteiger partial charge in [-0.25, -0.2) is 0 Å². The zero-order valence-electron chi connectivity index (χ0n) is 7.37. The summed E-state index contributed by atoms with van der Waals surface area (Å²) in [5.74, 6) is -1.22. The molecule has 0 fully saturated rings. The number of hydrogen-bond acceptors (Lipinski definition) is 2. The standard InChI is InChI=1S/C9H9ClO2.Na/c10-8(9(11)12)6-7-4-2-1-3-5-7;/h1-5,8H,6H2,(H,11,12);/q;+1/p-1. The van der Waals surface area contributed by atoms with Crippen LogP contribution in [0.5, 0.6) is 0 Å². The number of hydrogen-bond donors (Lipinski definition) is 0. The molecule has 0 radical (unpaired) electrons. The second-order valence-corrected chi connectivity index (χ2v) is 3.00. The molecule has 0 aromatic heterocycles. The van der Waals surface area contributed by atoms with Crippen molar-refractivity contribution in [3.05, 3.63) is 35.9 Å². The van der Waals surface area contributed by atoms with Crippen molar-refractivity contribution in [1.29, 1.82) is 0 Å². The summed E-state index contributed by atoms with van der Waals surface area (Å²) in [6.45, 7) is 0. The van der Waals surface area contributed by atoms with Crippen LogP contribution in [0.4, 0.5) is 0 Å². The van der Waals surface area contributed by atoms with Crippen LogP contribution in [-0.4, -0.2) is 11.3 Å². The molecule has 1 rings (SSSR count). The van der Waals surface area contributed by atoms with Crippen LogP contribution < -0.4 is 34.7 Å². The number of benzene rings is 1. The van der Waals surface area contributed by atoms with Crippen molar-refractivity contribution in [3.63, 3.8) is 0 Å². The number of carbonyl (C=O) groups is 1. The third-order valence-corrected chi connectivity index (χ3v) is 1.85. The number of carboxylic acid groups (broad SMARTS) is 1. The summed E-state index contributed by atoms with van der Waals surface area (Å²) < 4.78 is 0. The number of alkyl halides is 1. The van der Waals surface area contributed by atoms with Crippen molar-refractivity contribution < 1.29 is 39.5 Å². The zero-order chi connectivity index (χ0) is 8.97. The number of carboxylic acids is 1. The number of rotatable bonds is 3. The van der Waals surface area contributed by atoms with Gasteiger partial charge >= 0.3 is 29.6 Å². The fraction of sp³-hybridized carbons (Fsp3) is 0.222. The van der Waals surface area contributed by atoms with Crippen molar-refractivity contribution in [2.45, 2.75) is 11.8 Å². The molecular formula is C9H8ClNaO2. The summed E-state index contributed by atoms with van der Waals surface area (Å²) in [5.41, 5.74) is 0.904. The Hall–Kier alpha value is -0.0200. The first-order valence-corrected chi connectivity index (χ1v) is 4.02. The summed E-state index contributed by atoms with van der Waals surface area (Å²) in [6.07, 6.45) is 0.310. The fourth-order valence-electron chi connectivity index (χ4n) is 0.904. The van der Waals surface area contributed by atoms with E-state index in [0.717, 1.165) is 5.56 Å². The predicted octanol–water partition coefficient (Wildman–Crippen LogP) is -2.41. The van der Waals surface area contributed by atoms with Gasteiger partial charge in [-0.15, -0.1) is 11.6 Å². The van der Waals surface area contributed by atoms with Gasteiger partial charge in [0, 0.05) is 0 Å². The van der Waals surface area contributed by atoms with Crippen LogP contribution in [0.2, 0.25) is 0 Å². The Balaban J connectivity index is 0.00000144. The van der Waals surface area contributed by atoms with E-state index in [2.05, 4.69) is 0 Å². The SMILES string of the molecule is O=C([O-])C(Cl)Cc1ccccc1.[Na+]. The molecule has 64 valence electrons. The van der Waals surface area contributed by atoms with Gasteiger partial charge in [-0.1, -0.05) is 30.3 Å². The molecule has 0 aliphatic heterocycles. The van der Waals surface area contributed by atoms with E-state index in [1.54, 1.807) is 0 Å². The molecule has 1 atom stereocenters. The molecule has 0 aliphatic carbocycles. The molecule has 1 unspecified atom stereocenters. The van der Waals surface area contributed by atoms with Crippen LogP contribution in [-0.2, 0) is 11.2 Å². The quantitative estimate of drug-likeness (QED) is 0.408. The van der Waals surface area contributed by atoms with E-state index in [0.29, 0.717) is 6.42 Å². The molecule has 0 heterocycles. The molecule has 0 aliphatic rings. The Morgan fingerprint density at radius 2 is 1.92 bits per heavy atom. The molecule has 0 saturated carbocycles. The topological polar surface area (TPSA) is 40.1 Å². The molecular weight excluding hydrogens is 199 g/mol. The zero-order valence-corrected chi connectivity index (χ0v) is 10.1. The van der Waals surface area contributed by atoms with E-state index in [4.69, 9.17) is 11.6 Å². The maximum Gasteiger partial charge on any atom is 1.00 e. The van der Waals surface area contributed by atoms with Gasteiger partial charge < -0.3 is 9.90 Å². The van der Waals surface area contributed by atoms with Crippen molar-refractivity contribution in [3.8, 4) is 0 Å². The molecule has 0 N–H and O–H groups in total. The molecule has 0 amide bonds. The molecule has 0 spiro atoms. The second-order valence-electron chi connectivity index (χ2n) is 2.48. The largest absolute Gasteiger partial charge is 1.00 e. The maximum atomic E-state index is 10.3. The minimum atomic E-state index is -1.22. The van der Waals surface area contributed by atoms with Gasteiger partial charge in [0.25, 0.3) is 0 Å². The first-order chi connectivity index (χ1) is 5.70. The third kappa shape index (κ3) is 4.67. The molecule has 13 heavy (non-hydrogen) atoms. The van der Waals surface area contributed by atoms with E-state index < -0.39 is 11.3 Å². The predicted molar refractivity (Wildman–Crippen MR) is 44.8 cm³/mol. The molecule has 4 heteroatoms.